The van der Waals surface area contributed by atoms with Crippen molar-refractivity contribution in [3.63, 3.8) is 0 Å². The molecule has 0 saturated carbocycles. The van der Waals surface area contributed by atoms with Crippen LogP contribution < -0.4 is 10.1 Å². The number of nitrogens with one attached hydrogen (secondary N) is 1. The fraction of sp³-hybridized carbons (Fsp3) is 0.588. The summed E-state index contributed by atoms with van der Waals surface area (Å²) in [5, 5.41) is 3.02. The number of hydrogen-bond acceptors (Lipinski definition) is 4. The molecule has 1 N–H and O–H groups in total. The average Bonchev–Trinajstić information content (AvgIpc) is 2.59. The van der Waals surface area contributed by atoms with Gasteiger partial charge in [0.15, 0.2) is 0 Å². The predicted octanol–water partition coefficient (Wildman–Crippen LogP) is 1.34. The Morgan fingerprint density at radius 3 is 2.68 bits per heavy atom. The number of likely N-dealkylation sites (N-methyl/N-ethyl adjacent to an activating group) is 1. The molecule has 1 saturated heterocycles. The van der Waals surface area contributed by atoms with Crippen molar-refractivity contribution in [3.05, 3.63) is 29.8 Å². The Bertz CT molecular complexity index is 485. The van der Waals surface area contributed by atoms with Crippen LogP contribution in [0, 0.1) is 0 Å². The van der Waals surface area contributed by atoms with Crippen LogP contribution in [0.25, 0.3) is 0 Å². The number of benzene rings is 1. The molecule has 1 aliphatic heterocycles. The lowest BCUT2D eigenvalue weighted by molar-refractivity contribution is -0.126. The molecule has 22 heavy (non-hydrogen) atoms. The molecule has 5 nitrogen and oxygen atoms in total. The first-order valence-corrected chi connectivity index (χ1v) is 8.01. The molecular formula is C17H27N3O2. The number of amides is 1. The van der Waals surface area contributed by atoms with Crippen LogP contribution in [0.2, 0.25) is 0 Å². The fourth-order valence-corrected chi connectivity index (χ4v) is 2.75. The molecule has 1 heterocycles. The van der Waals surface area contributed by atoms with Crippen LogP contribution in [-0.4, -0.2) is 61.6 Å². The summed E-state index contributed by atoms with van der Waals surface area (Å²) in [4.78, 5) is 17.0. The lowest BCUT2D eigenvalue weighted by atomic mass is 10.2. The number of carbonyl (C=O) groups excluding carboxylic acids is 1. The zero-order chi connectivity index (χ0) is 15.9. The minimum absolute atomic E-state index is 0.0791. The monoisotopic (exact) mass is 305 g/mol. The van der Waals surface area contributed by atoms with E-state index in [1.807, 2.05) is 31.2 Å². The van der Waals surface area contributed by atoms with Gasteiger partial charge in [0.2, 0.25) is 5.91 Å². The van der Waals surface area contributed by atoms with Gasteiger partial charge in [-0.2, -0.15) is 0 Å². The van der Waals surface area contributed by atoms with Gasteiger partial charge in [-0.25, -0.2) is 0 Å². The molecule has 0 aromatic heterocycles. The van der Waals surface area contributed by atoms with Crippen molar-refractivity contribution in [2.45, 2.75) is 26.4 Å². The molecule has 0 radical (unpaired) electrons. The fourth-order valence-electron chi connectivity index (χ4n) is 2.75. The quantitative estimate of drug-likeness (QED) is 0.861. The average molecular weight is 305 g/mol. The smallest absolute Gasteiger partial charge is 0.237 e. The molecule has 0 aliphatic carbocycles. The summed E-state index contributed by atoms with van der Waals surface area (Å²) in [7, 11) is 1.65. The van der Waals surface area contributed by atoms with Gasteiger partial charge >= 0.3 is 0 Å². The molecule has 1 aromatic rings. The van der Waals surface area contributed by atoms with E-state index in [0.717, 1.165) is 44.0 Å². The van der Waals surface area contributed by atoms with Gasteiger partial charge in [0.05, 0.1) is 13.2 Å². The standard InChI is InChI=1S/C17H27N3O2/c1-4-19-8-10-20(11-9-19)14(2)17(21)18-13-15-6-5-7-16(12-15)22-3/h5-7,12,14H,4,8-11,13H2,1-3H3,(H,18,21). The number of nitrogens with zero attached hydrogens (tertiary/aromatic N) is 2. The molecule has 0 bridgehead atoms. The summed E-state index contributed by atoms with van der Waals surface area (Å²) in [6.45, 7) is 9.80. The first-order valence-electron chi connectivity index (χ1n) is 8.01. The van der Waals surface area contributed by atoms with Crippen molar-refractivity contribution in [2.24, 2.45) is 0 Å². The van der Waals surface area contributed by atoms with E-state index in [1.54, 1.807) is 7.11 Å². The van der Waals surface area contributed by atoms with Crippen molar-refractivity contribution in [3.8, 4) is 5.75 Å². The molecule has 0 spiro atoms. The predicted molar refractivity (Wildman–Crippen MR) is 88.0 cm³/mol. The third-order valence-corrected chi connectivity index (χ3v) is 4.38. The summed E-state index contributed by atoms with van der Waals surface area (Å²) in [5.41, 5.74) is 1.05. The number of piperazine rings is 1. The van der Waals surface area contributed by atoms with Gasteiger partial charge in [-0.05, 0) is 31.2 Å². The van der Waals surface area contributed by atoms with E-state index in [1.165, 1.54) is 0 Å². The SMILES string of the molecule is CCN1CCN(C(C)C(=O)NCc2cccc(OC)c2)CC1. The Morgan fingerprint density at radius 2 is 2.05 bits per heavy atom. The van der Waals surface area contributed by atoms with E-state index >= 15 is 0 Å². The van der Waals surface area contributed by atoms with Crippen LogP contribution in [0.4, 0.5) is 0 Å². The Morgan fingerprint density at radius 1 is 1.32 bits per heavy atom. The minimum Gasteiger partial charge on any atom is -0.497 e. The van der Waals surface area contributed by atoms with Gasteiger partial charge < -0.3 is 15.0 Å². The molecule has 1 unspecified atom stereocenters. The highest BCUT2D eigenvalue weighted by molar-refractivity contribution is 5.81. The topological polar surface area (TPSA) is 44.8 Å². The van der Waals surface area contributed by atoms with E-state index < -0.39 is 0 Å². The summed E-state index contributed by atoms with van der Waals surface area (Å²) in [6, 6.07) is 7.71. The van der Waals surface area contributed by atoms with E-state index in [0.29, 0.717) is 6.54 Å². The van der Waals surface area contributed by atoms with E-state index in [4.69, 9.17) is 4.74 Å². The van der Waals surface area contributed by atoms with Crippen molar-refractivity contribution in [1.82, 2.24) is 15.1 Å². The highest BCUT2D eigenvalue weighted by Gasteiger charge is 2.24. The Kier molecular flexibility index (Phi) is 6.21. The molecule has 1 aliphatic rings. The maximum Gasteiger partial charge on any atom is 0.237 e. The minimum atomic E-state index is -0.0791. The Balaban J connectivity index is 1.81. The maximum atomic E-state index is 12.3. The van der Waals surface area contributed by atoms with E-state index in [2.05, 4.69) is 22.0 Å². The van der Waals surface area contributed by atoms with Crippen molar-refractivity contribution in [1.29, 1.82) is 0 Å². The van der Waals surface area contributed by atoms with Crippen molar-refractivity contribution < 1.29 is 9.53 Å². The van der Waals surface area contributed by atoms with E-state index in [-0.39, 0.29) is 11.9 Å². The van der Waals surface area contributed by atoms with Crippen molar-refractivity contribution >= 4 is 5.91 Å². The third-order valence-electron chi connectivity index (χ3n) is 4.38. The molecule has 2 rings (SSSR count). The lowest BCUT2D eigenvalue weighted by Gasteiger charge is -2.36. The Labute approximate surface area is 133 Å². The Hall–Kier alpha value is -1.59. The summed E-state index contributed by atoms with van der Waals surface area (Å²) >= 11 is 0. The molecule has 122 valence electrons. The van der Waals surface area contributed by atoms with Crippen LogP contribution in [0.1, 0.15) is 19.4 Å². The second-order valence-electron chi connectivity index (χ2n) is 5.72. The number of carbonyl (C=O) groups is 1. The maximum absolute atomic E-state index is 12.3. The van der Waals surface area contributed by atoms with E-state index in [9.17, 15) is 4.79 Å². The highest BCUT2D eigenvalue weighted by Crippen LogP contribution is 2.12. The number of hydrogen-bond donors (Lipinski definition) is 1. The van der Waals surface area contributed by atoms with Gasteiger partial charge in [-0.15, -0.1) is 0 Å². The van der Waals surface area contributed by atoms with Crippen molar-refractivity contribution in [2.75, 3.05) is 39.8 Å². The van der Waals surface area contributed by atoms with Gasteiger partial charge in [0, 0.05) is 32.7 Å². The molecular weight excluding hydrogens is 278 g/mol. The first-order chi connectivity index (χ1) is 10.6. The number of ether oxygens (including phenoxy) is 1. The lowest BCUT2D eigenvalue weighted by Crippen LogP contribution is -2.53. The van der Waals surface area contributed by atoms with Gasteiger partial charge in [0.1, 0.15) is 5.75 Å². The van der Waals surface area contributed by atoms with Gasteiger partial charge in [0.25, 0.3) is 0 Å². The second-order valence-corrected chi connectivity index (χ2v) is 5.72. The largest absolute Gasteiger partial charge is 0.497 e. The summed E-state index contributed by atoms with van der Waals surface area (Å²) in [6.07, 6.45) is 0. The normalized spacial score (nSPS) is 18.0. The molecule has 5 heteroatoms. The first kappa shape index (κ1) is 16.8. The zero-order valence-electron chi connectivity index (χ0n) is 13.8. The highest BCUT2D eigenvalue weighted by atomic mass is 16.5. The summed E-state index contributed by atoms with van der Waals surface area (Å²) < 4.78 is 5.20. The second kappa shape index (κ2) is 8.15. The van der Waals surface area contributed by atoms with Gasteiger partial charge in [-0.3, -0.25) is 9.69 Å². The van der Waals surface area contributed by atoms with Crippen LogP contribution >= 0.6 is 0 Å². The van der Waals surface area contributed by atoms with Gasteiger partial charge in [-0.1, -0.05) is 19.1 Å². The zero-order valence-corrected chi connectivity index (χ0v) is 13.8. The third kappa shape index (κ3) is 4.45. The molecule has 1 aromatic carbocycles. The van der Waals surface area contributed by atoms with Crippen LogP contribution in [0.5, 0.6) is 5.75 Å². The van der Waals surface area contributed by atoms with Crippen LogP contribution in [0.3, 0.4) is 0 Å². The summed E-state index contributed by atoms with van der Waals surface area (Å²) in [5.74, 6) is 0.906. The number of rotatable bonds is 6. The molecule has 1 atom stereocenters. The molecule has 1 amide bonds. The van der Waals surface area contributed by atoms with Crippen LogP contribution in [0.15, 0.2) is 24.3 Å². The number of methoxy groups -OCH3 is 1. The van der Waals surface area contributed by atoms with Crippen LogP contribution in [-0.2, 0) is 11.3 Å². The molecule has 1 fully saturated rings.